The Bertz CT molecular complexity index is 197. The van der Waals surface area contributed by atoms with Crippen molar-refractivity contribution in [2.75, 3.05) is 14.1 Å². The van der Waals surface area contributed by atoms with Crippen LogP contribution in [0.5, 0.6) is 0 Å². The number of aromatic amines is 1. The third-order valence-corrected chi connectivity index (χ3v) is 1.03. The van der Waals surface area contributed by atoms with Crippen LogP contribution in [0.15, 0.2) is 18.5 Å². The van der Waals surface area contributed by atoms with Crippen LogP contribution in [0.1, 0.15) is 5.56 Å². The van der Waals surface area contributed by atoms with E-state index in [0.29, 0.717) is 0 Å². The summed E-state index contributed by atoms with van der Waals surface area (Å²) in [6.07, 6.45) is 5.92. The molecule has 0 aliphatic rings. The zero-order chi connectivity index (χ0) is 6.69. The summed E-state index contributed by atoms with van der Waals surface area (Å²) in [5.41, 5.74) is 1.21. The first-order valence-corrected chi connectivity index (χ1v) is 2.93. The number of H-pyrrole nitrogens is 1. The van der Waals surface area contributed by atoms with E-state index < -0.39 is 0 Å². The van der Waals surface area contributed by atoms with Gasteiger partial charge in [-0.15, -0.1) is 0 Å². The minimum Gasteiger partial charge on any atom is -1.00 e. The fourth-order valence-corrected chi connectivity index (χ4v) is 0.715. The van der Waals surface area contributed by atoms with Gasteiger partial charge in [0, 0.05) is 12.4 Å². The van der Waals surface area contributed by atoms with Gasteiger partial charge in [0.1, 0.15) is 14.1 Å². The van der Waals surface area contributed by atoms with Gasteiger partial charge < -0.3 is 17.4 Å². The van der Waals surface area contributed by atoms with E-state index >= 15 is 0 Å². The fourth-order valence-electron chi connectivity index (χ4n) is 0.715. The van der Waals surface area contributed by atoms with E-state index in [-0.39, 0.29) is 12.4 Å². The van der Waals surface area contributed by atoms with Gasteiger partial charge in [-0.3, -0.25) is 0 Å². The van der Waals surface area contributed by atoms with Gasteiger partial charge in [0.25, 0.3) is 0 Å². The molecule has 0 saturated heterocycles. The van der Waals surface area contributed by atoms with Crippen LogP contribution in [-0.2, 0) is 0 Å². The molecule has 2 nitrogen and oxygen atoms in total. The monoisotopic (exact) mass is 158 g/mol. The van der Waals surface area contributed by atoms with E-state index in [4.69, 9.17) is 0 Å². The molecule has 0 fully saturated rings. The van der Waals surface area contributed by atoms with E-state index in [2.05, 4.69) is 11.2 Å². The maximum absolute atomic E-state index is 2.98. The number of hydrogen-bond donors (Lipinski definition) is 1. The van der Waals surface area contributed by atoms with E-state index in [0.717, 1.165) is 0 Å². The van der Waals surface area contributed by atoms with Gasteiger partial charge >= 0.3 is 0 Å². The Hall–Kier alpha value is -0.760. The van der Waals surface area contributed by atoms with Crippen molar-refractivity contribution in [3.05, 3.63) is 24.0 Å². The summed E-state index contributed by atoms with van der Waals surface area (Å²) in [5, 5.41) is 0. The largest absolute Gasteiger partial charge is 1.00 e. The van der Waals surface area contributed by atoms with Crippen molar-refractivity contribution in [1.29, 1.82) is 0 Å². The second-order valence-electron chi connectivity index (χ2n) is 2.24. The molecule has 1 rings (SSSR count). The van der Waals surface area contributed by atoms with Gasteiger partial charge in [0.2, 0.25) is 0 Å². The molecular formula is C7H11ClN2. The molecule has 56 valence electrons. The molecule has 0 radical (unpaired) electrons. The molecule has 0 aromatic carbocycles. The van der Waals surface area contributed by atoms with Crippen molar-refractivity contribution in [2.24, 2.45) is 0 Å². The maximum atomic E-state index is 2.98. The second kappa shape index (κ2) is 4.12. The van der Waals surface area contributed by atoms with E-state index in [1.54, 1.807) is 0 Å². The standard InChI is InChI=1S/C7H10N2.ClH/c1-9(2)6-7-3-4-8-5-7;/h3-6H,1-2H3;1H. The summed E-state index contributed by atoms with van der Waals surface area (Å²) in [6.45, 7) is 0. The molecule has 1 aromatic rings. The van der Waals surface area contributed by atoms with Crippen LogP contribution in [-0.4, -0.2) is 29.9 Å². The Labute approximate surface area is 67.0 Å². The Morgan fingerprint density at radius 1 is 1.50 bits per heavy atom. The smallest absolute Gasteiger partial charge is 0.171 e. The van der Waals surface area contributed by atoms with E-state index in [1.165, 1.54) is 5.56 Å². The third kappa shape index (κ3) is 2.69. The maximum Gasteiger partial charge on any atom is 0.171 e. The summed E-state index contributed by atoms with van der Waals surface area (Å²) in [6, 6.07) is 2.03. The minimum atomic E-state index is 0. The predicted molar refractivity (Wildman–Crippen MR) is 38.1 cm³/mol. The van der Waals surface area contributed by atoms with Crippen LogP contribution in [0, 0.1) is 0 Å². The Morgan fingerprint density at radius 3 is 2.60 bits per heavy atom. The number of hydrogen-bond acceptors (Lipinski definition) is 0. The van der Waals surface area contributed by atoms with Gasteiger partial charge in [0.15, 0.2) is 6.21 Å². The minimum absolute atomic E-state index is 0. The highest BCUT2D eigenvalue weighted by Gasteiger charge is 1.88. The molecule has 3 heteroatoms. The normalized spacial score (nSPS) is 8.20. The molecule has 0 atom stereocenters. The van der Waals surface area contributed by atoms with Crippen molar-refractivity contribution in [3.8, 4) is 0 Å². The van der Waals surface area contributed by atoms with Gasteiger partial charge in [-0.05, 0) is 6.07 Å². The highest BCUT2D eigenvalue weighted by atomic mass is 35.5. The molecule has 1 N–H and O–H groups in total. The van der Waals surface area contributed by atoms with Crippen LogP contribution >= 0.6 is 0 Å². The summed E-state index contributed by atoms with van der Waals surface area (Å²) in [5.74, 6) is 0. The van der Waals surface area contributed by atoms with Crippen molar-refractivity contribution in [1.82, 2.24) is 4.98 Å². The molecule has 0 aliphatic carbocycles. The van der Waals surface area contributed by atoms with Crippen molar-refractivity contribution in [3.63, 3.8) is 0 Å². The quantitative estimate of drug-likeness (QED) is 0.351. The topological polar surface area (TPSA) is 18.8 Å². The lowest BCUT2D eigenvalue weighted by atomic mass is 10.4. The molecule has 10 heavy (non-hydrogen) atoms. The molecular weight excluding hydrogens is 148 g/mol. The van der Waals surface area contributed by atoms with E-state index in [1.807, 2.05) is 37.1 Å². The summed E-state index contributed by atoms with van der Waals surface area (Å²) >= 11 is 0. The van der Waals surface area contributed by atoms with Gasteiger partial charge in [-0.25, -0.2) is 4.58 Å². The van der Waals surface area contributed by atoms with Gasteiger partial charge in [-0.1, -0.05) is 0 Å². The summed E-state index contributed by atoms with van der Waals surface area (Å²) < 4.78 is 2.02. The average Bonchev–Trinajstić information content (AvgIpc) is 2.15. The lowest BCUT2D eigenvalue weighted by Crippen LogP contribution is -3.00. The molecule has 0 unspecified atom stereocenters. The molecule has 0 spiro atoms. The van der Waals surface area contributed by atoms with E-state index in [9.17, 15) is 0 Å². The molecule has 1 heterocycles. The Morgan fingerprint density at radius 2 is 2.20 bits per heavy atom. The molecule has 0 saturated carbocycles. The lowest BCUT2D eigenvalue weighted by molar-refractivity contribution is -0.458. The molecule has 0 bridgehead atoms. The first-order chi connectivity index (χ1) is 4.29. The molecule has 0 aliphatic heterocycles. The number of halogens is 1. The zero-order valence-electron chi connectivity index (χ0n) is 6.13. The second-order valence-corrected chi connectivity index (χ2v) is 2.24. The highest BCUT2D eigenvalue weighted by Crippen LogP contribution is 1.89. The summed E-state index contributed by atoms with van der Waals surface area (Å²) in [4.78, 5) is 2.98. The highest BCUT2D eigenvalue weighted by molar-refractivity contribution is 5.74. The van der Waals surface area contributed by atoms with Crippen molar-refractivity contribution in [2.45, 2.75) is 0 Å². The van der Waals surface area contributed by atoms with Crippen LogP contribution in [0.3, 0.4) is 0 Å². The van der Waals surface area contributed by atoms with Crippen molar-refractivity contribution < 1.29 is 17.0 Å². The van der Waals surface area contributed by atoms with Gasteiger partial charge in [0.05, 0.1) is 5.56 Å². The first-order valence-electron chi connectivity index (χ1n) is 2.93. The first kappa shape index (κ1) is 9.24. The number of nitrogens with one attached hydrogen (secondary N) is 1. The van der Waals surface area contributed by atoms with Crippen LogP contribution in [0.25, 0.3) is 0 Å². The number of nitrogens with zero attached hydrogens (tertiary/aromatic N) is 1. The Balaban J connectivity index is 0.000000810. The fraction of sp³-hybridized carbons (Fsp3) is 0.286. The number of rotatable bonds is 1. The predicted octanol–water partition coefficient (Wildman–Crippen LogP) is -2.29. The average molecular weight is 159 g/mol. The van der Waals surface area contributed by atoms with Gasteiger partial charge in [-0.2, -0.15) is 0 Å². The van der Waals surface area contributed by atoms with Crippen LogP contribution < -0.4 is 12.4 Å². The van der Waals surface area contributed by atoms with Crippen LogP contribution in [0.2, 0.25) is 0 Å². The molecule has 1 aromatic heterocycles. The number of aromatic nitrogens is 1. The summed E-state index contributed by atoms with van der Waals surface area (Å²) in [7, 11) is 4.01. The lowest BCUT2D eigenvalue weighted by Gasteiger charge is -1.80. The Kier molecular flexibility index (Phi) is 3.81. The zero-order valence-corrected chi connectivity index (χ0v) is 6.89. The van der Waals surface area contributed by atoms with Crippen LogP contribution in [0.4, 0.5) is 0 Å². The third-order valence-electron chi connectivity index (χ3n) is 1.03. The van der Waals surface area contributed by atoms with Crippen molar-refractivity contribution >= 4 is 6.21 Å². The SMILES string of the molecule is C[N+](C)=Cc1cc[nH]c1.[Cl-]. The molecule has 0 amide bonds.